The fourth-order valence-corrected chi connectivity index (χ4v) is 1.35. The first kappa shape index (κ1) is 9.95. The Bertz CT molecular complexity index is 148. The van der Waals surface area contributed by atoms with Crippen molar-refractivity contribution < 1.29 is 9.53 Å². The Balaban J connectivity index is 2.15. The Labute approximate surface area is 80.3 Å². The number of hydrogen-bond donors (Lipinski definition) is 1. The van der Waals surface area contributed by atoms with Crippen molar-refractivity contribution in [2.75, 3.05) is 31.6 Å². The number of amides is 1. The molecule has 1 amide bonds. The van der Waals surface area contributed by atoms with Crippen molar-refractivity contribution in [2.45, 2.75) is 6.42 Å². The number of nitrogens with zero attached hydrogens (tertiary/aromatic N) is 1. The van der Waals surface area contributed by atoms with Crippen LogP contribution in [-0.4, -0.2) is 42.5 Å². The van der Waals surface area contributed by atoms with Crippen LogP contribution in [0.1, 0.15) is 6.42 Å². The van der Waals surface area contributed by atoms with Crippen molar-refractivity contribution >= 4 is 21.8 Å². The molecule has 0 atom stereocenters. The summed E-state index contributed by atoms with van der Waals surface area (Å²) < 4.78 is 5.14. The van der Waals surface area contributed by atoms with Crippen LogP contribution in [-0.2, 0) is 9.53 Å². The number of alkyl halides is 1. The number of carbonyl (C=O) groups excluding carboxylic acids is 1. The minimum absolute atomic E-state index is 0.0637. The summed E-state index contributed by atoms with van der Waals surface area (Å²) in [5, 5.41) is 2.61. The highest BCUT2D eigenvalue weighted by atomic mass is 79.9. The molecule has 5 heteroatoms. The first-order chi connectivity index (χ1) is 5.83. The third kappa shape index (κ3) is 3.51. The van der Waals surface area contributed by atoms with Gasteiger partial charge in [-0.05, 0) is 0 Å². The summed E-state index contributed by atoms with van der Waals surface area (Å²) in [6.45, 7) is 2.98. The summed E-state index contributed by atoms with van der Waals surface area (Å²) in [5.74, 6) is 0.0637. The lowest BCUT2D eigenvalue weighted by molar-refractivity contribution is -0.127. The van der Waals surface area contributed by atoms with E-state index in [1.165, 1.54) is 0 Å². The molecule has 0 saturated carbocycles. The summed E-state index contributed by atoms with van der Waals surface area (Å²) in [6, 6.07) is 0. The molecule has 0 unspecified atom stereocenters. The van der Waals surface area contributed by atoms with Crippen LogP contribution in [0.5, 0.6) is 0 Å². The number of morpholine rings is 1. The van der Waals surface area contributed by atoms with Gasteiger partial charge in [-0.25, -0.2) is 5.01 Å². The molecule has 0 aromatic rings. The van der Waals surface area contributed by atoms with Crippen LogP contribution in [0.3, 0.4) is 0 Å². The normalized spacial score (nSPS) is 19.1. The van der Waals surface area contributed by atoms with Gasteiger partial charge in [0.1, 0.15) is 0 Å². The molecule has 0 aromatic heterocycles. The predicted octanol–water partition coefficient (Wildman–Crippen LogP) is 0.135. The molecule has 1 saturated heterocycles. The second-order valence-corrected chi connectivity index (χ2v) is 3.37. The molecule has 1 heterocycles. The molecule has 0 spiro atoms. The van der Waals surface area contributed by atoms with Crippen molar-refractivity contribution in [1.82, 2.24) is 10.4 Å². The average molecular weight is 237 g/mol. The Morgan fingerprint density at radius 3 is 2.75 bits per heavy atom. The zero-order valence-corrected chi connectivity index (χ0v) is 8.47. The number of halogens is 1. The number of hydrazine groups is 1. The minimum Gasteiger partial charge on any atom is -0.379 e. The lowest BCUT2D eigenvalue weighted by Crippen LogP contribution is -2.48. The maximum Gasteiger partial charge on any atom is 0.235 e. The SMILES string of the molecule is O=C(CCBr)NN1CCOCC1. The molecule has 70 valence electrons. The Morgan fingerprint density at radius 2 is 2.17 bits per heavy atom. The molecule has 0 aliphatic carbocycles. The van der Waals surface area contributed by atoms with Crippen molar-refractivity contribution in [1.29, 1.82) is 0 Å². The largest absolute Gasteiger partial charge is 0.379 e. The van der Waals surface area contributed by atoms with Crippen LogP contribution < -0.4 is 5.43 Å². The average Bonchev–Trinajstić information content (AvgIpc) is 2.06. The zero-order chi connectivity index (χ0) is 8.81. The number of carbonyl (C=O) groups is 1. The van der Waals surface area contributed by atoms with E-state index in [2.05, 4.69) is 21.4 Å². The Morgan fingerprint density at radius 1 is 1.50 bits per heavy atom. The molecule has 1 aliphatic heterocycles. The quantitative estimate of drug-likeness (QED) is 0.709. The van der Waals surface area contributed by atoms with Gasteiger partial charge in [-0.2, -0.15) is 0 Å². The second-order valence-electron chi connectivity index (χ2n) is 2.57. The highest BCUT2D eigenvalue weighted by Gasteiger charge is 2.11. The van der Waals surface area contributed by atoms with Gasteiger partial charge in [-0.15, -0.1) is 0 Å². The van der Waals surface area contributed by atoms with E-state index in [1.54, 1.807) is 0 Å². The summed E-state index contributed by atoms with van der Waals surface area (Å²) in [7, 11) is 0. The highest BCUT2D eigenvalue weighted by Crippen LogP contribution is 1.94. The van der Waals surface area contributed by atoms with Gasteiger partial charge in [0.15, 0.2) is 0 Å². The van der Waals surface area contributed by atoms with Crippen LogP contribution >= 0.6 is 15.9 Å². The van der Waals surface area contributed by atoms with Crippen molar-refractivity contribution in [3.8, 4) is 0 Å². The second kappa shape index (κ2) is 5.50. The number of nitrogens with one attached hydrogen (secondary N) is 1. The first-order valence-electron chi connectivity index (χ1n) is 4.01. The predicted molar refractivity (Wildman–Crippen MR) is 48.9 cm³/mol. The lowest BCUT2D eigenvalue weighted by atomic mass is 10.4. The third-order valence-electron chi connectivity index (χ3n) is 1.62. The topological polar surface area (TPSA) is 41.6 Å². The number of ether oxygens (including phenoxy) is 1. The first-order valence-corrected chi connectivity index (χ1v) is 5.13. The summed E-state index contributed by atoms with van der Waals surface area (Å²) in [5.41, 5.74) is 2.80. The van der Waals surface area contributed by atoms with Gasteiger partial charge in [-0.1, -0.05) is 15.9 Å². The van der Waals surface area contributed by atoms with Gasteiger partial charge >= 0.3 is 0 Å². The molecule has 0 radical (unpaired) electrons. The molecule has 0 bridgehead atoms. The fraction of sp³-hybridized carbons (Fsp3) is 0.857. The van der Waals surface area contributed by atoms with Gasteiger partial charge in [0.05, 0.1) is 13.2 Å². The Hall–Kier alpha value is -0.130. The van der Waals surface area contributed by atoms with E-state index >= 15 is 0 Å². The number of hydrogen-bond acceptors (Lipinski definition) is 3. The van der Waals surface area contributed by atoms with Gasteiger partial charge in [0, 0.05) is 24.8 Å². The summed E-state index contributed by atoms with van der Waals surface area (Å²) >= 11 is 3.21. The van der Waals surface area contributed by atoms with Crippen LogP contribution in [0, 0.1) is 0 Å². The summed E-state index contributed by atoms with van der Waals surface area (Å²) in [4.78, 5) is 11.1. The molecular formula is C7H13BrN2O2. The van der Waals surface area contributed by atoms with Gasteiger partial charge in [0.2, 0.25) is 5.91 Å². The van der Waals surface area contributed by atoms with E-state index < -0.39 is 0 Å². The molecule has 0 aromatic carbocycles. The van der Waals surface area contributed by atoms with Crippen LogP contribution in [0.25, 0.3) is 0 Å². The maximum absolute atomic E-state index is 11.1. The molecule has 1 N–H and O–H groups in total. The standard InChI is InChI=1S/C7H13BrN2O2/c8-2-1-7(11)9-10-3-5-12-6-4-10/h1-6H2,(H,9,11). The van der Waals surface area contributed by atoms with Crippen molar-refractivity contribution in [3.05, 3.63) is 0 Å². The molecule has 1 fully saturated rings. The van der Waals surface area contributed by atoms with E-state index in [0.29, 0.717) is 25.0 Å². The molecular weight excluding hydrogens is 224 g/mol. The fourth-order valence-electron chi connectivity index (χ4n) is 0.993. The molecule has 4 nitrogen and oxygen atoms in total. The zero-order valence-electron chi connectivity index (χ0n) is 6.88. The molecule has 12 heavy (non-hydrogen) atoms. The molecule has 1 rings (SSSR count). The van der Waals surface area contributed by atoms with E-state index in [0.717, 1.165) is 13.1 Å². The van der Waals surface area contributed by atoms with Crippen LogP contribution in [0.15, 0.2) is 0 Å². The van der Waals surface area contributed by atoms with Gasteiger partial charge in [-0.3, -0.25) is 10.2 Å². The smallest absolute Gasteiger partial charge is 0.235 e. The van der Waals surface area contributed by atoms with Gasteiger partial charge in [0.25, 0.3) is 0 Å². The van der Waals surface area contributed by atoms with E-state index in [9.17, 15) is 4.79 Å². The third-order valence-corrected chi connectivity index (χ3v) is 2.01. The highest BCUT2D eigenvalue weighted by molar-refractivity contribution is 9.09. The maximum atomic E-state index is 11.1. The van der Waals surface area contributed by atoms with Crippen LogP contribution in [0.4, 0.5) is 0 Å². The Kier molecular flexibility index (Phi) is 4.57. The van der Waals surface area contributed by atoms with Crippen molar-refractivity contribution in [3.63, 3.8) is 0 Å². The monoisotopic (exact) mass is 236 g/mol. The van der Waals surface area contributed by atoms with E-state index in [1.807, 2.05) is 5.01 Å². The van der Waals surface area contributed by atoms with Crippen LogP contribution in [0.2, 0.25) is 0 Å². The van der Waals surface area contributed by atoms with Gasteiger partial charge < -0.3 is 4.74 Å². The van der Waals surface area contributed by atoms with E-state index in [4.69, 9.17) is 4.74 Å². The molecule has 1 aliphatic rings. The lowest BCUT2D eigenvalue weighted by Gasteiger charge is -2.26. The van der Waals surface area contributed by atoms with Crippen molar-refractivity contribution in [2.24, 2.45) is 0 Å². The number of rotatable bonds is 3. The summed E-state index contributed by atoms with van der Waals surface area (Å²) in [6.07, 6.45) is 0.525. The van der Waals surface area contributed by atoms with E-state index in [-0.39, 0.29) is 5.91 Å². The minimum atomic E-state index is 0.0637.